The van der Waals surface area contributed by atoms with Gasteiger partial charge in [-0.2, -0.15) is 0 Å². The molecule has 0 saturated carbocycles. The highest BCUT2D eigenvalue weighted by molar-refractivity contribution is 5.97. The van der Waals surface area contributed by atoms with Crippen molar-refractivity contribution < 1.29 is 23.2 Å². The van der Waals surface area contributed by atoms with Gasteiger partial charge >= 0.3 is 5.97 Å². The maximum atomic E-state index is 13.0. The molecule has 3 rings (SSSR count). The highest BCUT2D eigenvalue weighted by Crippen LogP contribution is 2.28. The van der Waals surface area contributed by atoms with Crippen LogP contribution < -0.4 is 10.5 Å². The number of hydrogen-bond acceptors (Lipinski definition) is 5. The zero-order chi connectivity index (χ0) is 21.7. The van der Waals surface area contributed by atoms with Crippen LogP contribution in [0.1, 0.15) is 52.8 Å². The molecule has 2 aromatic carbocycles. The number of oxime groups is 1. The predicted octanol–water partition coefficient (Wildman–Crippen LogP) is 4.91. The van der Waals surface area contributed by atoms with Crippen LogP contribution in [-0.2, 0) is 11.4 Å². The lowest BCUT2D eigenvalue weighted by Gasteiger charge is -2.14. The molecule has 0 radical (unpaired) electrons. The Kier molecular flexibility index (Phi) is 6.51. The van der Waals surface area contributed by atoms with E-state index in [0.717, 1.165) is 16.9 Å². The van der Waals surface area contributed by atoms with Gasteiger partial charge in [0.25, 0.3) is 0 Å². The summed E-state index contributed by atoms with van der Waals surface area (Å²) in [5.41, 5.74) is 8.35. The van der Waals surface area contributed by atoms with Crippen molar-refractivity contribution in [2.24, 2.45) is 10.9 Å². The Morgan fingerprint density at radius 3 is 2.57 bits per heavy atom. The van der Waals surface area contributed by atoms with E-state index in [1.54, 1.807) is 6.07 Å². The number of nitrogens with zero attached hydrogens (tertiary/aromatic N) is 1. The van der Waals surface area contributed by atoms with Crippen molar-refractivity contribution in [1.82, 2.24) is 0 Å². The number of ether oxygens (including phenoxy) is 1. The van der Waals surface area contributed by atoms with Crippen LogP contribution in [0.3, 0.4) is 0 Å². The van der Waals surface area contributed by atoms with E-state index in [4.69, 9.17) is 19.7 Å². The molecule has 0 aliphatic heterocycles. The fourth-order valence-electron chi connectivity index (χ4n) is 2.77. The maximum absolute atomic E-state index is 13.0. The summed E-state index contributed by atoms with van der Waals surface area (Å²) in [4.78, 5) is 16.9. The molecule has 3 aromatic rings. The molecule has 2 N–H and O–H groups in total. The van der Waals surface area contributed by atoms with Crippen LogP contribution in [0.25, 0.3) is 0 Å². The average Bonchev–Trinajstić information content (AvgIpc) is 3.19. The summed E-state index contributed by atoms with van der Waals surface area (Å²) in [6.07, 6.45) is 0. The fourth-order valence-corrected chi connectivity index (χ4v) is 2.77. The van der Waals surface area contributed by atoms with Crippen LogP contribution in [0.2, 0.25) is 0 Å². The molecule has 30 heavy (non-hydrogen) atoms. The highest BCUT2D eigenvalue weighted by atomic mass is 19.1. The third-order valence-corrected chi connectivity index (χ3v) is 4.39. The second-order valence-corrected chi connectivity index (χ2v) is 7.11. The predicted molar refractivity (Wildman–Crippen MR) is 111 cm³/mol. The third kappa shape index (κ3) is 5.26. The first-order chi connectivity index (χ1) is 14.3. The van der Waals surface area contributed by atoms with Crippen LogP contribution in [0, 0.1) is 12.7 Å². The number of halogens is 1. The standard InChI is InChI=1S/C23H23FN2O4/c1-14(2)19-10-4-15(3)12-21(19)28-13-18-9-11-20(29-18)23(27)30-26-22(25)16-5-7-17(24)8-6-16/h4-12,14H,13H2,1-3H3,(H2,25,26). The largest absolute Gasteiger partial charge is 0.485 e. The van der Waals surface area contributed by atoms with Crippen molar-refractivity contribution in [1.29, 1.82) is 0 Å². The number of rotatable bonds is 7. The summed E-state index contributed by atoms with van der Waals surface area (Å²) in [5.74, 6) is 0.268. The van der Waals surface area contributed by atoms with E-state index in [0.29, 0.717) is 17.2 Å². The van der Waals surface area contributed by atoms with Crippen LogP contribution in [0.5, 0.6) is 5.75 Å². The molecule has 7 heteroatoms. The Bertz CT molecular complexity index is 1060. The third-order valence-electron chi connectivity index (χ3n) is 4.39. The molecule has 0 saturated heterocycles. The van der Waals surface area contributed by atoms with Gasteiger partial charge in [0, 0.05) is 5.56 Å². The van der Waals surface area contributed by atoms with Gasteiger partial charge in [0.1, 0.15) is 23.9 Å². The van der Waals surface area contributed by atoms with Crippen molar-refractivity contribution in [2.45, 2.75) is 33.3 Å². The Balaban J connectivity index is 1.62. The Labute approximate surface area is 174 Å². The number of carbonyl (C=O) groups is 1. The van der Waals surface area contributed by atoms with Gasteiger partial charge < -0.3 is 19.7 Å². The van der Waals surface area contributed by atoms with Crippen LogP contribution in [0.4, 0.5) is 4.39 Å². The minimum atomic E-state index is -0.801. The molecule has 0 spiro atoms. The molecule has 0 aliphatic carbocycles. The number of carbonyl (C=O) groups excluding carboxylic acids is 1. The van der Waals surface area contributed by atoms with Gasteiger partial charge in [-0.3, -0.25) is 0 Å². The summed E-state index contributed by atoms with van der Waals surface area (Å²) in [5, 5.41) is 3.58. The zero-order valence-electron chi connectivity index (χ0n) is 17.0. The van der Waals surface area contributed by atoms with Crippen molar-refractivity contribution in [2.75, 3.05) is 0 Å². The van der Waals surface area contributed by atoms with Gasteiger partial charge in [0.15, 0.2) is 5.84 Å². The van der Waals surface area contributed by atoms with Crippen LogP contribution in [-0.4, -0.2) is 11.8 Å². The minimum Gasteiger partial charge on any atom is -0.485 e. The lowest BCUT2D eigenvalue weighted by atomic mass is 10.0. The number of nitrogens with two attached hydrogens (primary N) is 1. The van der Waals surface area contributed by atoms with E-state index in [1.807, 2.05) is 25.1 Å². The number of furan rings is 1. The molecular formula is C23H23FN2O4. The van der Waals surface area contributed by atoms with Crippen LogP contribution >= 0.6 is 0 Å². The van der Waals surface area contributed by atoms with Gasteiger partial charge in [-0.25, -0.2) is 9.18 Å². The first-order valence-electron chi connectivity index (χ1n) is 9.46. The maximum Gasteiger partial charge on any atom is 0.400 e. The quantitative estimate of drug-likeness (QED) is 0.259. The molecular weight excluding hydrogens is 387 g/mol. The van der Waals surface area contributed by atoms with Gasteiger partial charge in [-0.05, 0) is 66.4 Å². The average molecular weight is 410 g/mol. The van der Waals surface area contributed by atoms with E-state index >= 15 is 0 Å². The first kappa shape index (κ1) is 21.1. The van der Waals surface area contributed by atoms with Gasteiger partial charge in [0.2, 0.25) is 5.76 Å². The molecule has 0 atom stereocenters. The molecule has 1 aromatic heterocycles. The summed E-state index contributed by atoms with van der Waals surface area (Å²) in [6.45, 7) is 6.35. The lowest BCUT2D eigenvalue weighted by molar-refractivity contribution is 0.0475. The molecule has 1 heterocycles. The van der Waals surface area contributed by atoms with E-state index in [1.165, 1.54) is 30.3 Å². The fraction of sp³-hybridized carbons (Fsp3) is 0.217. The molecule has 0 unspecified atom stereocenters. The summed E-state index contributed by atoms with van der Waals surface area (Å²) in [7, 11) is 0. The SMILES string of the molecule is Cc1ccc(C(C)C)c(OCc2ccc(C(=O)O/N=C(\N)c3ccc(F)cc3)o2)c1. The van der Waals surface area contributed by atoms with Gasteiger partial charge in [-0.1, -0.05) is 31.1 Å². The minimum absolute atomic E-state index is 0.0300. The molecule has 6 nitrogen and oxygen atoms in total. The van der Waals surface area contributed by atoms with E-state index in [9.17, 15) is 9.18 Å². The second kappa shape index (κ2) is 9.26. The smallest absolute Gasteiger partial charge is 0.400 e. The van der Waals surface area contributed by atoms with Gasteiger partial charge in [-0.15, -0.1) is 0 Å². The summed E-state index contributed by atoms with van der Waals surface area (Å²) >= 11 is 0. The summed E-state index contributed by atoms with van der Waals surface area (Å²) in [6, 6.07) is 14.5. The normalized spacial score (nSPS) is 11.6. The highest BCUT2D eigenvalue weighted by Gasteiger charge is 2.15. The van der Waals surface area contributed by atoms with Crippen molar-refractivity contribution in [3.8, 4) is 5.75 Å². The van der Waals surface area contributed by atoms with Gasteiger partial charge in [0.05, 0.1) is 0 Å². The zero-order valence-corrected chi connectivity index (χ0v) is 17.0. The van der Waals surface area contributed by atoms with Crippen molar-refractivity contribution in [3.05, 3.63) is 88.6 Å². The Morgan fingerprint density at radius 1 is 1.13 bits per heavy atom. The lowest BCUT2D eigenvalue weighted by Crippen LogP contribution is -2.15. The molecule has 0 amide bonds. The topological polar surface area (TPSA) is 87.0 Å². The molecule has 0 aliphatic rings. The molecule has 0 fully saturated rings. The van der Waals surface area contributed by atoms with Crippen molar-refractivity contribution in [3.63, 3.8) is 0 Å². The Hall–Kier alpha value is -3.61. The molecule has 0 bridgehead atoms. The number of amidine groups is 1. The van der Waals surface area contributed by atoms with E-state index in [2.05, 4.69) is 19.0 Å². The number of aryl methyl sites for hydroxylation is 1. The first-order valence-corrected chi connectivity index (χ1v) is 9.46. The molecule has 156 valence electrons. The van der Waals surface area contributed by atoms with Crippen LogP contribution in [0.15, 0.2) is 64.2 Å². The van der Waals surface area contributed by atoms with Crippen molar-refractivity contribution >= 4 is 11.8 Å². The Morgan fingerprint density at radius 2 is 1.87 bits per heavy atom. The second-order valence-electron chi connectivity index (χ2n) is 7.11. The number of benzene rings is 2. The van der Waals surface area contributed by atoms with E-state index < -0.39 is 11.8 Å². The summed E-state index contributed by atoms with van der Waals surface area (Å²) < 4.78 is 24.3. The monoisotopic (exact) mass is 410 g/mol. The number of hydrogen-bond donors (Lipinski definition) is 1. The van der Waals surface area contributed by atoms with E-state index in [-0.39, 0.29) is 18.2 Å².